The summed E-state index contributed by atoms with van der Waals surface area (Å²) in [5, 5.41) is 3.45. The van der Waals surface area contributed by atoms with E-state index in [9.17, 15) is 4.79 Å². The highest BCUT2D eigenvalue weighted by Gasteiger charge is 2.26. The summed E-state index contributed by atoms with van der Waals surface area (Å²) in [5.41, 5.74) is 5.17. The van der Waals surface area contributed by atoms with E-state index in [0.717, 1.165) is 12.1 Å². The summed E-state index contributed by atoms with van der Waals surface area (Å²) in [6.07, 6.45) is 0.892. The highest BCUT2D eigenvalue weighted by molar-refractivity contribution is 5.97. The van der Waals surface area contributed by atoms with Gasteiger partial charge in [-0.2, -0.15) is 0 Å². The molecule has 1 N–H and O–H groups in total. The van der Waals surface area contributed by atoms with Crippen LogP contribution >= 0.6 is 0 Å². The van der Waals surface area contributed by atoms with Gasteiger partial charge in [0, 0.05) is 0 Å². The van der Waals surface area contributed by atoms with E-state index >= 15 is 0 Å². The lowest BCUT2D eigenvalue weighted by atomic mass is 10.0. The topological polar surface area (TPSA) is 38.3 Å². The number of benzene rings is 2. The number of rotatable bonds is 2. The Bertz CT molecular complexity index is 647. The van der Waals surface area contributed by atoms with Crippen molar-refractivity contribution in [2.45, 2.75) is 19.4 Å². The molecule has 1 heterocycles. The normalized spacial score (nSPS) is 16.4. The summed E-state index contributed by atoms with van der Waals surface area (Å²) in [4.78, 5) is 11.8. The molecule has 0 saturated carbocycles. The first-order chi connectivity index (χ1) is 9.69. The number of esters is 1. The summed E-state index contributed by atoms with van der Waals surface area (Å²) < 4.78 is 4.84. The van der Waals surface area contributed by atoms with E-state index in [1.807, 2.05) is 6.07 Å². The second-order valence-electron chi connectivity index (χ2n) is 5.14. The zero-order valence-corrected chi connectivity index (χ0v) is 11.6. The molecule has 0 aliphatic carbocycles. The lowest BCUT2D eigenvalue weighted by Crippen LogP contribution is -2.08. The predicted molar refractivity (Wildman–Crippen MR) is 79.0 cm³/mol. The van der Waals surface area contributed by atoms with Gasteiger partial charge in [-0.15, -0.1) is 0 Å². The minimum Gasteiger partial charge on any atom is -0.465 e. The second-order valence-corrected chi connectivity index (χ2v) is 5.14. The van der Waals surface area contributed by atoms with Gasteiger partial charge >= 0.3 is 5.97 Å². The SMILES string of the molecule is COC(=O)c1cccc2c1NC(c1ccc(C)cc1)C2. The number of para-hydroxylation sites is 1. The van der Waals surface area contributed by atoms with Gasteiger partial charge in [0.2, 0.25) is 0 Å². The van der Waals surface area contributed by atoms with Crippen LogP contribution in [0, 0.1) is 6.92 Å². The van der Waals surface area contributed by atoms with Crippen molar-refractivity contribution in [3.63, 3.8) is 0 Å². The number of fused-ring (bicyclic) bond motifs is 1. The molecular weight excluding hydrogens is 250 g/mol. The number of methoxy groups -OCH3 is 1. The molecule has 1 aliphatic rings. The molecule has 1 aliphatic heterocycles. The van der Waals surface area contributed by atoms with Crippen LogP contribution < -0.4 is 5.32 Å². The largest absolute Gasteiger partial charge is 0.465 e. The van der Waals surface area contributed by atoms with Crippen LogP contribution in [0.3, 0.4) is 0 Å². The van der Waals surface area contributed by atoms with Gasteiger partial charge in [-0.05, 0) is 30.5 Å². The number of carbonyl (C=O) groups excluding carboxylic acids is 1. The quantitative estimate of drug-likeness (QED) is 0.846. The number of anilines is 1. The van der Waals surface area contributed by atoms with Gasteiger partial charge in [0.05, 0.1) is 24.4 Å². The van der Waals surface area contributed by atoms with Gasteiger partial charge < -0.3 is 10.1 Å². The zero-order valence-electron chi connectivity index (χ0n) is 11.6. The number of aryl methyl sites for hydroxylation is 1. The molecule has 0 fully saturated rings. The van der Waals surface area contributed by atoms with Crippen molar-refractivity contribution in [2.24, 2.45) is 0 Å². The number of ether oxygens (including phenoxy) is 1. The number of carbonyl (C=O) groups is 1. The fraction of sp³-hybridized carbons (Fsp3) is 0.235. The Labute approximate surface area is 118 Å². The molecule has 1 unspecified atom stereocenters. The first-order valence-corrected chi connectivity index (χ1v) is 6.72. The molecule has 3 heteroatoms. The third-order valence-electron chi connectivity index (χ3n) is 3.78. The van der Waals surface area contributed by atoms with E-state index in [1.165, 1.54) is 23.8 Å². The van der Waals surface area contributed by atoms with Crippen LogP contribution in [0.4, 0.5) is 5.69 Å². The zero-order chi connectivity index (χ0) is 14.1. The lowest BCUT2D eigenvalue weighted by Gasteiger charge is -2.13. The first-order valence-electron chi connectivity index (χ1n) is 6.72. The average molecular weight is 267 g/mol. The van der Waals surface area contributed by atoms with Gasteiger partial charge in [0.1, 0.15) is 0 Å². The molecular formula is C17H17NO2. The maximum Gasteiger partial charge on any atom is 0.339 e. The molecule has 0 bridgehead atoms. The van der Waals surface area contributed by atoms with Crippen molar-refractivity contribution in [1.82, 2.24) is 0 Å². The molecule has 0 radical (unpaired) electrons. The fourth-order valence-corrected chi connectivity index (χ4v) is 2.67. The minimum absolute atomic E-state index is 0.219. The molecule has 0 spiro atoms. The van der Waals surface area contributed by atoms with Crippen LogP contribution in [0.2, 0.25) is 0 Å². The Morgan fingerprint density at radius 1 is 1.20 bits per heavy atom. The third kappa shape index (κ3) is 2.16. The Morgan fingerprint density at radius 3 is 2.65 bits per heavy atom. The van der Waals surface area contributed by atoms with Crippen molar-refractivity contribution in [2.75, 3.05) is 12.4 Å². The molecule has 3 rings (SSSR count). The van der Waals surface area contributed by atoms with Gasteiger partial charge in [0.15, 0.2) is 0 Å². The van der Waals surface area contributed by atoms with E-state index in [4.69, 9.17) is 4.74 Å². The molecule has 0 amide bonds. The molecule has 0 aromatic heterocycles. The predicted octanol–water partition coefficient (Wildman–Crippen LogP) is 3.49. The average Bonchev–Trinajstić information content (AvgIpc) is 2.91. The van der Waals surface area contributed by atoms with Crippen molar-refractivity contribution in [1.29, 1.82) is 0 Å². The molecule has 2 aromatic rings. The Balaban J connectivity index is 1.92. The van der Waals surface area contributed by atoms with Crippen LogP contribution in [-0.2, 0) is 11.2 Å². The monoisotopic (exact) mass is 267 g/mol. The molecule has 1 atom stereocenters. The van der Waals surface area contributed by atoms with Crippen molar-refractivity contribution in [3.05, 3.63) is 64.7 Å². The maximum absolute atomic E-state index is 11.8. The van der Waals surface area contributed by atoms with E-state index < -0.39 is 0 Å². The molecule has 20 heavy (non-hydrogen) atoms. The summed E-state index contributed by atoms with van der Waals surface area (Å²) in [6.45, 7) is 2.08. The Kier molecular flexibility index (Phi) is 3.18. The minimum atomic E-state index is -0.293. The maximum atomic E-state index is 11.8. The Hall–Kier alpha value is -2.29. The van der Waals surface area contributed by atoms with E-state index in [1.54, 1.807) is 6.07 Å². The summed E-state index contributed by atoms with van der Waals surface area (Å²) in [7, 11) is 1.41. The molecule has 2 aromatic carbocycles. The van der Waals surface area contributed by atoms with E-state index in [0.29, 0.717) is 5.56 Å². The lowest BCUT2D eigenvalue weighted by molar-refractivity contribution is 0.0602. The molecule has 3 nitrogen and oxygen atoms in total. The van der Waals surface area contributed by atoms with E-state index in [-0.39, 0.29) is 12.0 Å². The first kappa shape index (κ1) is 12.7. The van der Waals surface area contributed by atoms with Crippen molar-refractivity contribution < 1.29 is 9.53 Å². The summed E-state index contributed by atoms with van der Waals surface area (Å²) >= 11 is 0. The summed E-state index contributed by atoms with van der Waals surface area (Å²) in [6, 6.07) is 14.5. The van der Waals surface area contributed by atoms with Gasteiger partial charge in [-0.1, -0.05) is 42.0 Å². The Morgan fingerprint density at radius 2 is 1.95 bits per heavy atom. The van der Waals surface area contributed by atoms with Crippen LogP contribution in [-0.4, -0.2) is 13.1 Å². The highest BCUT2D eigenvalue weighted by atomic mass is 16.5. The highest BCUT2D eigenvalue weighted by Crippen LogP contribution is 2.36. The molecule has 0 saturated heterocycles. The standard InChI is InChI=1S/C17H17NO2/c1-11-6-8-12(9-7-11)15-10-13-4-3-5-14(16(13)18-15)17(19)20-2/h3-9,15,18H,10H2,1-2H3. The van der Waals surface area contributed by atoms with Crippen LogP contribution in [0.1, 0.15) is 33.1 Å². The fourth-order valence-electron chi connectivity index (χ4n) is 2.67. The second kappa shape index (κ2) is 5.00. The van der Waals surface area contributed by atoms with Crippen molar-refractivity contribution in [3.8, 4) is 0 Å². The van der Waals surface area contributed by atoms with Gasteiger partial charge in [-0.25, -0.2) is 4.79 Å². The third-order valence-corrected chi connectivity index (χ3v) is 3.78. The van der Waals surface area contributed by atoms with Crippen molar-refractivity contribution >= 4 is 11.7 Å². The van der Waals surface area contributed by atoms with Crippen LogP contribution in [0.15, 0.2) is 42.5 Å². The van der Waals surface area contributed by atoms with Crippen LogP contribution in [0.25, 0.3) is 0 Å². The number of hydrogen-bond acceptors (Lipinski definition) is 3. The smallest absolute Gasteiger partial charge is 0.339 e. The van der Waals surface area contributed by atoms with Gasteiger partial charge in [-0.3, -0.25) is 0 Å². The number of nitrogens with one attached hydrogen (secondary N) is 1. The van der Waals surface area contributed by atoms with E-state index in [2.05, 4.69) is 42.6 Å². The summed E-state index contributed by atoms with van der Waals surface area (Å²) in [5.74, 6) is -0.293. The van der Waals surface area contributed by atoms with Crippen LogP contribution in [0.5, 0.6) is 0 Å². The number of hydrogen-bond donors (Lipinski definition) is 1. The van der Waals surface area contributed by atoms with Gasteiger partial charge in [0.25, 0.3) is 0 Å². The molecule has 102 valence electrons.